The zero-order valence-corrected chi connectivity index (χ0v) is 18.6. The predicted molar refractivity (Wildman–Crippen MR) is 116 cm³/mol. The molecule has 0 bridgehead atoms. The van der Waals surface area contributed by atoms with E-state index < -0.39 is 0 Å². The van der Waals surface area contributed by atoms with Crippen LogP contribution in [0.4, 0.5) is 0 Å². The third kappa shape index (κ3) is 4.28. The maximum atomic E-state index is 13.3. The van der Waals surface area contributed by atoms with Crippen LogP contribution in [0.2, 0.25) is 0 Å². The van der Waals surface area contributed by atoms with Gasteiger partial charge in [0.2, 0.25) is 5.91 Å². The molecule has 6 heteroatoms. The molecule has 0 aromatic carbocycles. The molecule has 2 fully saturated rings. The molecule has 2 aromatic rings. The van der Waals surface area contributed by atoms with Crippen molar-refractivity contribution in [1.29, 1.82) is 0 Å². The summed E-state index contributed by atoms with van der Waals surface area (Å²) >= 11 is 0. The van der Waals surface area contributed by atoms with Gasteiger partial charge in [-0.05, 0) is 51.9 Å². The summed E-state index contributed by atoms with van der Waals surface area (Å²) in [6, 6.07) is -0.000460. The summed E-state index contributed by atoms with van der Waals surface area (Å²) in [7, 11) is 0. The lowest BCUT2D eigenvalue weighted by Crippen LogP contribution is -2.33. The van der Waals surface area contributed by atoms with Crippen molar-refractivity contribution < 1.29 is 9.32 Å². The standard InChI is InChI=1S/C24H34N4O2/c1-4-9-21-25-15-19(24-16(2)17(3)27-30-24)23(26-21)20-12-8-13-28(20)22(29)14-18-10-6-5-7-11-18/h15,18,20H,4-14H2,1-3H3/t20-/m0/s1. The number of likely N-dealkylation sites (tertiary alicyclic amines) is 1. The van der Waals surface area contributed by atoms with E-state index in [1.165, 1.54) is 32.1 Å². The van der Waals surface area contributed by atoms with Crippen molar-refractivity contribution >= 4 is 5.91 Å². The van der Waals surface area contributed by atoms with Crippen LogP contribution < -0.4 is 0 Å². The highest BCUT2D eigenvalue weighted by molar-refractivity contribution is 5.78. The van der Waals surface area contributed by atoms with Crippen LogP contribution >= 0.6 is 0 Å². The minimum absolute atomic E-state index is 0.000460. The number of hydrogen-bond donors (Lipinski definition) is 0. The molecular weight excluding hydrogens is 376 g/mol. The van der Waals surface area contributed by atoms with Gasteiger partial charge in [-0.2, -0.15) is 0 Å². The van der Waals surface area contributed by atoms with E-state index in [1.54, 1.807) is 0 Å². The van der Waals surface area contributed by atoms with Crippen LogP contribution in [0, 0.1) is 19.8 Å². The summed E-state index contributed by atoms with van der Waals surface area (Å²) in [4.78, 5) is 24.9. The lowest BCUT2D eigenvalue weighted by Gasteiger charge is -2.29. The highest BCUT2D eigenvalue weighted by Gasteiger charge is 2.35. The van der Waals surface area contributed by atoms with E-state index in [9.17, 15) is 4.79 Å². The van der Waals surface area contributed by atoms with Crippen molar-refractivity contribution in [1.82, 2.24) is 20.0 Å². The minimum Gasteiger partial charge on any atom is -0.356 e. The van der Waals surface area contributed by atoms with Crippen LogP contribution in [0.25, 0.3) is 11.3 Å². The molecule has 30 heavy (non-hydrogen) atoms. The van der Waals surface area contributed by atoms with Gasteiger partial charge < -0.3 is 9.42 Å². The fourth-order valence-electron chi connectivity index (χ4n) is 4.98. The number of aromatic nitrogens is 3. The van der Waals surface area contributed by atoms with E-state index >= 15 is 0 Å². The summed E-state index contributed by atoms with van der Waals surface area (Å²) in [5.74, 6) is 2.41. The molecule has 1 saturated carbocycles. The van der Waals surface area contributed by atoms with Crippen molar-refractivity contribution in [2.75, 3.05) is 6.54 Å². The number of rotatable bonds is 6. The number of hydrogen-bond acceptors (Lipinski definition) is 5. The summed E-state index contributed by atoms with van der Waals surface area (Å²) in [6.07, 6.45) is 12.6. The van der Waals surface area contributed by atoms with Crippen molar-refractivity contribution in [3.05, 3.63) is 29.0 Å². The Morgan fingerprint density at radius 1 is 1.17 bits per heavy atom. The van der Waals surface area contributed by atoms with Gasteiger partial charge in [-0.25, -0.2) is 9.97 Å². The second-order valence-corrected chi connectivity index (χ2v) is 9.01. The zero-order valence-electron chi connectivity index (χ0n) is 18.6. The van der Waals surface area contributed by atoms with E-state index in [0.717, 1.165) is 66.3 Å². The highest BCUT2D eigenvalue weighted by Crippen LogP contribution is 2.39. The van der Waals surface area contributed by atoms with Crippen molar-refractivity contribution in [3.8, 4) is 11.3 Å². The second-order valence-electron chi connectivity index (χ2n) is 9.01. The lowest BCUT2D eigenvalue weighted by atomic mass is 9.86. The normalized spacial score (nSPS) is 20.1. The predicted octanol–water partition coefficient (Wildman–Crippen LogP) is 5.33. The van der Waals surface area contributed by atoms with E-state index in [4.69, 9.17) is 9.51 Å². The quantitative estimate of drug-likeness (QED) is 0.643. The number of aryl methyl sites for hydroxylation is 2. The molecule has 3 heterocycles. The Bertz CT molecular complexity index is 885. The molecule has 2 aliphatic rings. The van der Waals surface area contributed by atoms with Crippen molar-refractivity contribution in [3.63, 3.8) is 0 Å². The second kappa shape index (κ2) is 9.27. The topological polar surface area (TPSA) is 72.1 Å². The molecule has 0 radical (unpaired) electrons. The highest BCUT2D eigenvalue weighted by atomic mass is 16.5. The summed E-state index contributed by atoms with van der Waals surface area (Å²) < 4.78 is 5.66. The number of carbonyl (C=O) groups excluding carboxylic acids is 1. The molecule has 1 aliphatic carbocycles. The maximum absolute atomic E-state index is 13.3. The summed E-state index contributed by atoms with van der Waals surface area (Å²) in [5.41, 5.74) is 3.71. The first-order chi connectivity index (χ1) is 14.6. The van der Waals surface area contributed by atoms with Gasteiger partial charge in [-0.1, -0.05) is 31.3 Å². The maximum Gasteiger partial charge on any atom is 0.223 e. The molecule has 162 valence electrons. The molecule has 1 aliphatic heterocycles. The minimum atomic E-state index is -0.000460. The van der Waals surface area contributed by atoms with E-state index in [0.29, 0.717) is 12.3 Å². The average Bonchev–Trinajstić information content (AvgIpc) is 3.37. The molecular formula is C24H34N4O2. The summed E-state index contributed by atoms with van der Waals surface area (Å²) in [6.45, 7) is 6.92. The van der Waals surface area contributed by atoms with E-state index in [2.05, 4.69) is 22.0 Å². The van der Waals surface area contributed by atoms with E-state index in [-0.39, 0.29) is 11.9 Å². The molecule has 0 unspecified atom stereocenters. The third-order valence-corrected chi connectivity index (χ3v) is 6.82. The molecule has 1 saturated heterocycles. The Morgan fingerprint density at radius 3 is 2.67 bits per heavy atom. The first kappa shape index (κ1) is 21.0. The Hall–Kier alpha value is -2.24. The smallest absolute Gasteiger partial charge is 0.223 e. The van der Waals surface area contributed by atoms with Gasteiger partial charge in [0.25, 0.3) is 0 Å². The van der Waals surface area contributed by atoms with Gasteiger partial charge in [-0.15, -0.1) is 0 Å². The third-order valence-electron chi connectivity index (χ3n) is 6.82. The van der Waals surface area contributed by atoms with Gasteiger partial charge in [0, 0.05) is 31.1 Å². The van der Waals surface area contributed by atoms with Gasteiger partial charge in [0.05, 0.1) is 23.0 Å². The molecule has 1 amide bonds. The van der Waals surface area contributed by atoms with Gasteiger partial charge >= 0.3 is 0 Å². The number of amides is 1. The monoisotopic (exact) mass is 410 g/mol. The molecule has 2 aromatic heterocycles. The molecule has 1 atom stereocenters. The summed E-state index contributed by atoms with van der Waals surface area (Å²) in [5, 5.41) is 4.14. The molecule has 6 nitrogen and oxygen atoms in total. The van der Waals surface area contributed by atoms with Crippen LogP contribution in [-0.2, 0) is 11.2 Å². The molecule has 0 spiro atoms. The van der Waals surface area contributed by atoms with Gasteiger partial charge in [0.1, 0.15) is 5.82 Å². The zero-order chi connectivity index (χ0) is 21.1. The van der Waals surface area contributed by atoms with Crippen LogP contribution in [0.5, 0.6) is 0 Å². The Balaban J connectivity index is 1.65. The van der Waals surface area contributed by atoms with Gasteiger partial charge in [-0.3, -0.25) is 4.79 Å². The van der Waals surface area contributed by atoms with Crippen LogP contribution in [0.1, 0.15) is 93.5 Å². The van der Waals surface area contributed by atoms with Crippen LogP contribution in [0.15, 0.2) is 10.7 Å². The first-order valence-electron chi connectivity index (χ1n) is 11.7. The average molecular weight is 411 g/mol. The van der Waals surface area contributed by atoms with Crippen LogP contribution in [0.3, 0.4) is 0 Å². The van der Waals surface area contributed by atoms with Crippen molar-refractivity contribution in [2.24, 2.45) is 5.92 Å². The lowest BCUT2D eigenvalue weighted by molar-refractivity contribution is -0.133. The van der Waals surface area contributed by atoms with Gasteiger partial charge in [0.15, 0.2) is 5.76 Å². The van der Waals surface area contributed by atoms with Crippen LogP contribution in [-0.4, -0.2) is 32.5 Å². The largest absolute Gasteiger partial charge is 0.356 e. The fraction of sp³-hybridized carbons (Fsp3) is 0.667. The molecule has 4 rings (SSSR count). The number of carbonyl (C=O) groups is 1. The number of nitrogens with zero attached hydrogens (tertiary/aromatic N) is 4. The molecule has 0 N–H and O–H groups in total. The SMILES string of the molecule is CCCc1ncc(-c2onc(C)c2C)c([C@@H]2CCCN2C(=O)CC2CCCCC2)n1. The Morgan fingerprint density at radius 2 is 1.97 bits per heavy atom. The Kier molecular flexibility index (Phi) is 6.49. The van der Waals surface area contributed by atoms with Crippen molar-refractivity contribution in [2.45, 2.75) is 91.0 Å². The Labute approximate surface area is 179 Å². The first-order valence-corrected chi connectivity index (χ1v) is 11.7. The fourth-order valence-corrected chi connectivity index (χ4v) is 4.98. The van der Waals surface area contributed by atoms with E-state index in [1.807, 2.05) is 20.0 Å².